The largest absolute Gasteiger partial charge is 0.354 e. The molecule has 12 heteroatoms. The molecule has 0 saturated carbocycles. The smallest absolute Gasteiger partial charge is 0.242 e. The van der Waals surface area contributed by atoms with Crippen molar-refractivity contribution in [2.45, 2.75) is 52.6 Å². The Morgan fingerprint density at radius 3 is 2.26 bits per heavy atom. The standard InChI is InChI=1S/C26H33Cl2F2N3O4S/c1-5-24(26(35)31-15-17(2)3)32(16-18-8-10-20(27)21(28)13-18)25(34)7-6-12-33(38(4,36)37)19-9-11-22(29)23(30)14-19/h8-11,13-14,17,24H,5-7,12,15-16H2,1-4H3,(H,31,35)/t24-/m0/s1. The van der Waals surface area contributed by atoms with Gasteiger partial charge < -0.3 is 10.2 Å². The Morgan fingerprint density at radius 2 is 1.71 bits per heavy atom. The predicted octanol–water partition coefficient (Wildman–Crippen LogP) is 5.40. The summed E-state index contributed by atoms with van der Waals surface area (Å²) in [7, 11) is -3.85. The minimum absolute atomic E-state index is 0.0500. The molecule has 2 aromatic rings. The molecule has 0 bridgehead atoms. The SMILES string of the molecule is CC[C@@H](C(=O)NCC(C)C)N(Cc1ccc(Cl)c(Cl)c1)C(=O)CCCN(c1ccc(F)c(F)c1)S(C)(=O)=O. The maximum atomic E-state index is 13.7. The Kier molecular flexibility index (Phi) is 11.8. The van der Waals surface area contributed by atoms with Crippen molar-refractivity contribution in [1.82, 2.24) is 10.2 Å². The molecular weight excluding hydrogens is 559 g/mol. The van der Waals surface area contributed by atoms with Crippen LogP contribution in [0, 0.1) is 17.6 Å². The van der Waals surface area contributed by atoms with Crippen LogP contribution < -0.4 is 9.62 Å². The van der Waals surface area contributed by atoms with Crippen LogP contribution in [0.25, 0.3) is 0 Å². The Bertz CT molecular complexity index is 1240. The lowest BCUT2D eigenvalue weighted by molar-refractivity contribution is -0.141. The highest BCUT2D eigenvalue weighted by Crippen LogP contribution is 2.25. The number of benzene rings is 2. The average molecular weight is 593 g/mol. The van der Waals surface area contributed by atoms with Crippen LogP contribution >= 0.6 is 23.2 Å². The van der Waals surface area contributed by atoms with Gasteiger partial charge in [-0.2, -0.15) is 0 Å². The van der Waals surface area contributed by atoms with E-state index >= 15 is 0 Å². The van der Waals surface area contributed by atoms with Crippen molar-refractivity contribution >= 4 is 50.7 Å². The monoisotopic (exact) mass is 591 g/mol. The first-order valence-corrected chi connectivity index (χ1v) is 14.8. The summed E-state index contributed by atoms with van der Waals surface area (Å²) in [6.07, 6.45) is 1.28. The van der Waals surface area contributed by atoms with Crippen molar-refractivity contribution in [3.63, 3.8) is 0 Å². The molecule has 0 aliphatic carbocycles. The minimum atomic E-state index is -3.85. The zero-order chi connectivity index (χ0) is 28.6. The number of anilines is 1. The van der Waals surface area contributed by atoms with Crippen LogP contribution in [0.3, 0.4) is 0 Å². The summed E-state index contributed by atoms with van der Waals surface area (Å²) >= 11 is 12.2. The zero-order valence-electron chi connectivity index (χ0n) is 21.8. The first-order chi connectivity index (χ1) is 17.7. The van der Waals surface area contributed by atoms with Gasteiger partial charge in [0.1, 0.15) is 6.04 Å². The van der Waals surface area contributed by atoms with Gasteiger partial charge in [-0.1, -0.05) is 50.0 Å². The molecule has 0 heterocycles. The van der Waals surface area contributed by atoms with Crippen molar-refractivity contribution in [2.24, 2.45) is 5.92 Å². The van der Waals surface area contributed by atoms with Crippen molar-refractivity contribution < 1.29 is 26.8 Å². The molecule has 0 aliphatic rings. The summed E-state index contributed by atoms with van der Waals surface area (Å²) in [6, 6.07) is 6.96. The maximum absolute atomic E-state index is 13.7. The van der Waals surface area contributed by atoms with Crippen LogP contribution in [-0.4, -0.2) is 50.5 Å². The number of hydrogen-bond acceptors (Lipinski definition) is 4. The van der Waals surface area contributed by atoms with Crippen LogP contribution in [0.1, 0.15) is 45.6 Å². The van der Waals surface area contributed by atoms with E-state index in [4.69, 9.17) is 23.2 Å². The van der Waals surface area contributed by atoms with Gasteiger partial charge in [0.2, 0.25) is 21.8 Å². The molecule has 2 rings (SSSR count). The molecular formula is C26H33Cl2F2N3O4S. The van der Waals surface area contributed by atoms with E-state index in [1.54, 1.807) is 25.1 Å². The number of hydrogen-bond donors (Lipinski definition) is 1. The number of nitrogens with one attached hydrogen (secondary N) is 1. The molecule has 0 aliphatic heterocycles. The molecule has 210 valence electrons. The highest BCUT2D eigenvalue weighted by molar-refractivity contribution is 7.92. The molecule has 0 unspecified atom stereocenters. The summed E-state index contributed by atoms with van der Waals surface area (Å²) in [5.41, 5.74) is 0.619. The van der Waals surface area contributed by atoms with Gasteiger partial charge >= 0.3 is 0 Å². The van der Waals surface area contributed by atoms with Crippen molar-refractivity contribution in [1.29, 1.82) is 0 Å². The molecule has 0 fully saturated rings. The third kappa shape index (κ3) is 9.10. The second kappa shape index (κ2) is 14.1. The molecule has 38 heavy (non-hydrogen) atoms. The van der Waals surface area contributed by atoms with Gasteiger partial charge in [-0.05, 0) is 48.6 Å². The summed E-state index contributed by atoms with van der Waals surface area (Å²) in [4.78, 5) is 27.8. The van der Waals surface area contributed by atoms with E-state index in [-0.39, 0.29) is 49.4 Å². The van der Waals surface area contributed by atoms with E-state index in [9.17, 15) is 26.8 Å². The fourth-order valence-corrected chi connectivity index (χ4v) is 5.10. The fourth-order valence-electron chi connectivity index (χ4n) is 3.82. The summed E-state index contributed by atoms with van der Waals surface area (Å²) in [5, 5.41) is 3.53. The lowest BCUT2D eigenvalue weighted by atomic mass is 10.1. The Labute approximate surface area is 233 Å². The Balaban J connectivity index is 2.25. The quantitative estimate of drug-likeness (QED) is 0.338. The molecule has 0 saturated heterocycles. The minimum Gasteiger partial charge on any atom is -0.354 e. The third-order valence-corrected chi connectivity index (χ3v) is 7.68. The molecule has 2 aromatic carbocycles. The molecule has 0 radical (unpaired) electrons. The predicted molar refractivity (Wildman–Crippen MR) is 147 cm³/mol. The van der Waals surface area contributed by atoms with E-state index in [0.717, 1.165) is 28.8 Å². The molecule has 1 N–H and O–H groups in total. The van der Waals surface area contributed by atoms with Gasteiger partial charge in [-0.15, -0.1) is 0 Å². The fraction of sp³-hybridized carbons (Fsp3) is 0.462. The normalized spacial score (nSPS) is 12.3. The number of nitrogens with zero attached hydrogens (tertiary/aromatic N) is 2. The third-order valence-electron chi connectivity index (χ3n) is 5.75. The van der Waals surface area contributed by atoms with Crippen molar-refractivity contribution in [2.75, 3.05) is 23.7 Å². The number of carbonyl (C=O) groups is 2. The van der Waals surface area contributed by atoms with Crippen LogP contribution in [0.15, 0.2) is 36.4 Å². The van der Waals surface area contributed by atoms with Crippen LogP contribution in [0.5, 0.6) is 0 Å². The van der Waals surface area contributed by atoms with E-state index in [0.29, 0.717) is 28.6 Å². The lowest BCUT2D eigenvalue weighted by Gasteiger charge is -2.31. The summed E-state index contributed by atoms with van der Waals surface area (Å²) in [6.45, 7) is 6.10. The van der Waals surface area contributed by atoms with E-state index in [1.165, 1.54) is 4.90 Å². The number of sulfonamides is 1. The van der Waals surface area contributed by atoms with Gasteiger partial charge in [-0.3, -0.25) is 13.9 Å². The van der Waals surface area contributed by atoms with E-state index in [2.05, 4.69) is 5.32 Å². The number of halogens is 4. The first kappa shape index (κ1) is 31.8. The Morgan fingerprint density at radius 1 is 1.03 bits per heavy atom. The second-order valence-electron chi connectivity index (χ2n) is 9.37. The van der Waals surface area contributed by atoms with Gasteiger partial charge in [0.25, 0.3) is 0 Å². The molecule has 7 nitrogen and oxygen atoms in total. The van der Waals surface area contributed by atoms with Gasteiger partial charge in [0.15, 0.2) is 11.6 Å². The van der Waals surface area contributed by atoms with Gasteiger partial charge in [-0.25, -0.2) is 17.2 Å². The highest BCUT2D eigenvalue weighted by Gasteiger charge is 2.29. The van der Waals surface area contributed by atoms with Crippen molar-refractivity contribution in [3.8, 4) is 0 Å². The highest BCUT2D eigenvalue weighted by atomic mass is 35.5. The maximum Gasteiger partial charge on any atom is 0.242 e. The van der Waals surface area contributed by atoms with E-state index < -0.39 is 27.7 Å². The number of rotatable bonds is 13. The average Bonchev–Trinajstić information content (AvgIpc) is 2.83. The van der Waals surface area contributed by atoms with Crippen LogP contribution in [0.2, 0.25) is 10.0 Å². The summed E-state index contributed by atoms with van der Waals surface area (Å²) in [5.74, 6) is -2.74. The van der Waals surface area contributed by atoms with Crippen LogP contribution in [-0.2, 0) is 26.2 Å². The lowest BCUT2D eigenvalue weighted by Crippen LogP contribution is -2.49. The summed E-state index contributed by atoms with van der Waals surface area (Å²) < 4.78 is 52.7. The molecule has 0 spiro atoms. The topological polar surface area (TPSA) is 86.8 Å². The second-order valence-corrected chi connectivity index (χ2v) is 12.1. The van der Waals surface area contributed by atoms with Gasteiger partial charge in [0.05, 0.1) is 22.0 Å². The molecule has 0 aromatic heterocycles. The van der Waals surface area contributed by atoms with Crippen LogP contribution in [0.4, 0.5) is 14.5 Å². The number of carbonyl (C=O) groups excluding carboxylic acids is 2. The number of amides is 2. The Hall–Kier alpha value is -2.43. The van der Waals surface area contributed by atoms with Gasteiger partial charge in [0, 0.05) is 32.1 Å². The van der Waals surface area contributed by atoms with Crippen molar-refractivity contribution in [3.05, 3.63) is 63.6 Å². The first-order valence-electron chi connectivity index (χ1n) is 12.2. The molecule has 1 atom stereocenters. The molecule has 2 amide bonds. The van der Waals surface area contributed by atoms with E-state index in [1.807, 2.05) is 13.8 Å². The zero-order valence-corrected chi connectivity index (χ0v) is 24.1.